The van der Waals surface area contributed by atoms with E-state index in [1.165, 1.54) is 33.6 Å². The van der Waals surface area contributed by atoms with Crippen molar-refractivity contribution in [3.05, 3.63) is 67.4 Å². The summed E-state index contributed by atoms with van der Waals surface area (Å²) < 4.78 is 1.36. The van der Waals surface area contributed by atoms with Crippen molar-refractivity contribution in [3.8, 4) is 11.1 Å². The Morgan fingerprint density at radius 3 is 2.69 bits per heavy atom. The topological polar surface area (TPSA) is 107 Å². The molecule has 0 bridgehead atoms. The second kappa shape index (κ2) is 9.05. The van der Waals surface area contributed by atoms with Crippen LogP contribution in [0.25, 0.3) is 21.3 Å². The summed E-state index contributed by atoms with van der Waals surface area (Å²) in [6, 6.07) is 5.29. The Hall–Kier alpha value is -3.30. The van der Waals surface area contributed by atoms with Crippen LogP contribution in [-0.4, -0.2) is 21.4 Å². The lowest BCUT2D eigenvalue weighted by molar-refractivity contribution is -0.118. The van der Waals surface area contributed by atoms with Crippen LogP contribution in [0.4, 0.5) is 5.00 Å². The van der Waals surface area contributed by atoms with Gasteiger partial charge in [0.1, 0.15) is 15.9 Å². The van der Waals surface area contributed by atoms with Gasteiger partial charge in [0.2, 0.25) is 5.91 Å². The van der Waals surface area contributed by atoms with Gasteiger partial charge in [0.15, 0.2) is 0 Å². The number of anilines is 1. The number of fused-ring (bicyclic) bond motifs is 2. The second-order valence-corrected chi connectivity index (χ2v) is 11.0. The molecule has 0 saturated heterocycles. The van der Waals surface area contributed by atoms with Gasteiger partial charge in [0.05, 0.1) is 17.3 Å². The summed E-state index contributed by atoms with van der Waals surface area (Å²) in [4.78, 5) is 45.2. The quantitative estimate of drug-likeness (QED) is 0.398. The average molecular weight is 507 g/mol. The number of nitrogens with one attached hydrogen (secondary N) is 1. The third-order valence-corrected chi connectivity index (χ3v) is 8.74. The fourth-order valence-corrected chi connectivity index (χ4v) is 6.99. The number of hydrogen-bond acceptors (Lipinski definition) is 6. The number of hydrogen-bond donors (Lipinski definition) is 2. The van der Waals surface area contributed by atoms with Crippen molar-refractivity contribution < 1.29 is 9.59 Å². The molecule has 1 aliphatic carbocycles. The zero-order valence-electron chi connectivity index (χ0n) is 19.8. The van der Waals surface area contributed by atoms with Crippen LogP contribution in [0.3, 0.4) is 0 Å². The van der Waals surface area contributed by atoms with E-state index in [-0.39, 0.29) is 5.56 Å². The molecule has 2 amide bonds. The number of rotatable bonds is 5. The molecule has 1 aliphatic rings. The molecule has 4 aromatic rings. The predicted molar refractivity (Wildman–Crippen MR) is 142 cm³/mol. The fourth-order valence-electron chi connectivity index (χ4n) is 4.79. The number of thiophene rings is 2. The van der Waals surface area contributed by atoms with Gasteiger partial charge < -0.3 is 11.1 Å². The summed E-state index contributed by atoms with van der Waals surface area (Å²) in [5, 5.41) is 5.79. The van der Waals surface area contributed by atoms with Crippen molar-refractivity contribution in [1.29, 1.82) is 0 Å². The Labute approximate surface area is 210 Å². The van der Waals surface area contributed by atoms with Gasteiger partial charge in [-0.3, -0.25) is 19.0 Å². The minimum Gasteiger partial charge on any atom is -0.365 e. The zero-order chi connectivity index (χ0) is 24.9. The Bertz CT molecular complexity index is 1550. The first kappa shape index (κ1) is 23.4. The highest BCUT2D eigenvalue weighted by molar-refractivity contribution is 7.17. The summed E-state index contributed by atoms with van der Waals surface area (Å²) in [6.45, 7) is 5.71. The van der Waals surface area contributed by atoms with E-state index in [2.05, 4.69) is 16.4 Å². The molecule has 0 radical (unpaired) electrons. The van der Waals surface area contributed by atoms with Crippen molar-refractivity contribution in [2.75, 3.05) is 5.32 Å². The van der Waals surface area contributed by atoms with E-state index in [4.69, 9.17) is 5.73 Å². The van der Waals surface area contributed by atoms with Crippen LogP contribution < -0.4 is 16.6 Å². The number of primary amides is 1. The third kappa shape index (κ3) is 4.08. The highest BCUT2D eigenvalue weighted by atomic mass is 32.1. The zero-order valence-corrected chi connectivity index (χ0v) is 21.4. The van der Waals surface area contributed by atoms with Gasteiger partial charge in [0, 0.05) is 15.8 Å². The van der Waals surface area contributed by atoms with E-state index >= 15 is 0 Å². The molecule has 0 fully saturated rings. The minimum atomic E-state index is -0.828. The number of carbonyl (C=O) groups is 2. The van der Waals surface area contributed by atoms with Gasteiger partial charge in [-0.25, -0.2) is 4.98 Å². The van der Waals surface area contributed by atoms with Crippen molar-refractivity contribution in [1.82, 2.24) is 9.55 Å². The summed E-state index contributed by atoms with van der Waals surface area (Å²) >= 11 is 2.82. The maximum atomic E-state index is 13.6. The highest BCUT2D eigenvalue weighted by Crippen LogP contribution is 2.38. The molecule has 7 nitrogen and oxygen atoms in total. The summed E-state index contributed by atoms with van der Waals surface area (Å²) in [5.41, 5.74) is 10.8. The standard InChI is InChI=1S/C26H26N4O3S2/c1-13-8-9-16(14(2)10-13)18-11-34-24-21(18)26(33)30(12-28-24)15(3)23(32)29-25-20(22(27)31)17-6-4-5-7-19(17)35-25/h8-12,15H,4-7H2,1-3H3,(H2,27,31)(H,29,32). The molecule has 0 aliphatic heterocycles. The number of benzene rings is 1. The Kier molecular flexibility index (Phi) is 6.06. The molecule has 9 heteroatoms. The van der Waals surface area contributed by atoms with E-state index in [1.807, 2.05) is 31.4 Å². The average Bonchev–Trinajstić information content (AvgIpc) is 3.40. The maximum Gasteiger partial charge on any atom is 0.263 e. The molecule has 0 saturated carbocycles. The third-order valence-electron chi connectivity index (χ3n) is 6.64. The number of aromatic nitrogens is 2. The van der Waals surface area contributed by atoms with E-state index in [0.29, 0.717) is 20.8 Å². The fraction of sp³-hybridized carbons (Fsp3) is 0.308. The molecule has 3 N–H and O–H groups in total. The van der Waals surface area contributed by atoms with Crippen LogP contribution in [0.1, 0.15) is 57.7 Å². The molecule has 0 spiro atoms. The molecular formula is C26H26N4O3S2. The van der Waals surface area contributed by atoms with Gasteiger partial charge in [-0.05, 0) is 63.1 Å². The summed E-state index contributed by atoms with van der Waals surface area (Å²) in [6.07, 6.45) is 5.14. The first-order chi connectivity index (χ1) is 16.8. The lowest BCUT2D eigenvalue weighted by atomic mass is 9.95. The van der Waals surface area contributed by atoms with Crippen molar-refractivity contribution in [3.63, 3.8) is 0 Å². The first-order valence-corrected chi connectivity index (χ1v) is 13.3. The molecule has 1 unspecified atom stereocenters. The van der Waals surface area contributed by atoms with Gasteiger partial charge in [-0.15, -0.1) is 22.7 Å². The smallest absolute Gasteiger partial charge is 0.263 e. The van der Waals surface area contributed by atoms with Crippen LogP contribution in [0.2, 0.25) is 0 Å². The molecule has 35 heavy (non-hydrogen) atoms. The van der Waals surface area contributed by atoms with Gasteiger partial charge in [-0.2, -0.15) is 0 Å². The van der Waals surface area contributed by atoms with E-state index in [0.717, 1.165) is 58.4 Å². The summed E-state index contributed by atoms with van der Waals surface area (Å²) in [7, 11) is 0. The number of carbonyl (C=O) groups excluding carboxylic acids is 2. The van der Waals surface area contributed by atoms with Crippen LogP contribution in [0.15, 0.2) is 34.7 Å². The van der Waals surface area contributed by atoms with Crippen LogP contribution in [0.5, 0.6) is 0 Å². The monoisotopic (exact) mass is 506 g/mol. The molecule has 1 aromatic carbocycles. The van der Waals surface area contributed by atoms with Crippen molar-refractivity contribution in [2.45, 2.75) is 52.5 Å². The Balaban J connectivity index is 1.51. The minimum absolute atomic E-state index is 0.269. The lowest BCUT2D eigenvalue weighted by Crippen LogP contribution is -2.32. The predicted octanol–water partition coefficient (Wildman–Crippen LogP) is 4.98. The van der Waals surface area contributed by atoms with Gasteiger partial charge in [0.25, 0.3) is 11.5 Å². The molecule has 3 heterocycles. The second-order valence-electron chi connectivity index (χ2n) is 9.05. The SMILES string of the molecule is Cc1ccc(-c2csc3ncn(C(C)C(=O)Nc4sc5c(c4C(N)=O)CCCC5)c(=O)c23)c(C)c1. The van der Waals surface area contributed by atoms with Crippen LogP contribution in [-0.2, 0) is 17.6 Å². The number of nitrogens with zero attached hydrogens (tertiary/aromatic N) is 2. The number of amides is 2. The molecule has 3 aromatic heterocycles. The van der Waals surface area contributed by atoms with Crippen molar-refractivity contribution >= 4 is 49.7 Å². The lowest BCUT2D eigenvalue weighted by Gasteiger charge is -2.15. The molecule has 5 rings (SSSR count). The Morgan fingerprint density at radius 2 is 1.94 bits per heavy atom. The maximum absolute atomic E-state index is 13.6. The molecule has 180 valence electrons. The van der Waals surface area contributed by atoms with E-state index < -0.39 is 17.9 Å². The Morgan fingerprint density at radius 1 is 1.17 bits per heavy atom. The van der Waals surface area contributed by atoms with Crippen LogP contribution >= 0.6 is 22.7 Å². The van der Waals surface area contributed by atoms with E-state index in [9.17, 15) is 14.4 Å². The number of aryl methyl sites for hydroxylation is 3. The van der Waals surface area contributed by atoms with E-state index in [1.54, 1.807) is 6.92 Å². The highest BCUT2D eigenvalue weighted by Gasteiger charge is 2.27. The molecule has 1 atom stereocenters. The van der Waals surface area contributed by atoms with Crippen molar-refractivity contribution in [2.24, 2.45) is 5.73 Å². The molecular weight excluding hydrogens is 480 g/mol. The number of nitrogens with two attached hydrogens (primary N) is 1. The van der Waals surface area contributed by atoms with Gasteiger partial charge in [-0.1, -0.05) is 23.8 Å². The largest absolute Gasteiger partial charge is 0.365 e. The normalized spacial score (nSPS) is 14.0. The first-order valence-electron chi connectivity index (χ1n) is 11.6. The summed E-state index contributed by atoms with van der Waals surface area (Å²) in [5.74, 6) is -0.929. The van der Waals surface area contributed by atoms with Crippen LogP contribution in [0, 0.1) is 13.8 Å². The van der Waals surface area contributed by atoms with Gasteiger partial charge >= 0.3 is 0 Å².